The first-order valence-electron chi connectivity index (χ1n) is 8.66. The molecule has 0 spiro atoms. The zero-order valence-electron chi connectivity index (χ0n) is 14.3. The van der Waals surface area contributed by atoms with Gasteiger partial charge in [0.15, 0.2) is 6.10 Å². The maximum atomic E-state index is 12.6. The van der Waals surface area contributed by atoms with E-state index in [4.69, 9.17) is 4.74 Å². The summed E-state index contributed by atoms with van der Waals surface area (Å²) in [4.78, 5) is 14.3. The number of nitrogens with zero attached hydrogens (tertiary/aromatic N) is 1. The molecule has 1 N–H and O–H groups in total. The van der Waals surface area contributed by atoms with Crippen molar-refractivity contribution in [1.82, 2.24) is 4.90 Å². The van der Waals surface area contributed by atoms with Crippen LogP contribution in [0.25, 0.3) is 10.8 Å². The van der Waals surface area contributed by atoms with Gasteiger partial charge in [-0.1, -0.05) is 43.2 Å². The van der Waals surface area contributed by atoms with Gasteiger partial charge >= 0.3 is 0 Å². The van der Waals surface area contributed by atoms with Crippen LogP contribution in [0.3, 0.4) is 0 Å². The third-order valence-corrected chi connectivity index (χ3v) is 4.92. The van der Waals surface area contributed by atoms with Gasteiger partial charge in [0.25, 0.3) is 5.91 Å². The Labute approximate surface area is 143 Å². The van der Waals surface area contributed by atoms with E-state index in [0.717, 1.165) is 36.5 Å². The molecule has 0 bridgehead atoms. The molecule has 0 saturated heterocycles. The fourth-order valence-electron chi connectivity index (χ4n) is 3.49. The van der Waals surface area contributed by atoms with Crippen molar-refractivity contribution in [3.05, 3.63) is 42.5 Å². The number of hydrogen-bond donors (Lipinski definition) is 1. The monoisotopic (exact) mass is 327 g/mol. The van der Waals surface area contributed by atoms with Crippen LogP contribution in [0, 0.1) is 0 Å². The molecule has 1 amide bonds. The first-order chi connectivity index (χ1) is 11.6. The van der Waals surface area contributed by atoms with E-state index in [-0.39, 0.29) is 11.9 Å². The number of fused-ring (bicyclic) bond motifs is 1. The highest BCUT2D eigenvalue weighted by molar-refractivity contribution is 5.84. The maximum Gasteiger partial charge on any atom is 0.263 e. The largest absolute Gasteiger partial charge is 0.481 e. The molecular weight excluding hydrogens is 302 g/mol. The van der Waals surface area contributed by atoms with Crippen molar-refractivity contribution in [3.8, 4) is 5.75 Å². The summed E-state index contributed by atoms with van der Waals surface area (Å²) in [7, 11) is 1.77. The van der Waals surface area contributed by atoms with Crippen molar-refractivity contribution in [2.45, 2.75) is 50.9 Å². The molecule has 128 valence electrons. The molecule has 3 atom stereocenters. The Morgan fingerprint density at radius 2 is 1.88 bits per heavy atom. The van der Waals surface area contributed by atoms with Crippen LogP contribution in [0.4, 0.5) is 0 Å². The number of likely N-dealkylation sites (N-methyl/N-ethyl adjacent to an activating group) is 1. The lowest BCUT2D eigenvalue weighted by Gasteiger charge is -2.36. The number of carbonyl (C=O) groups excluding carboxylic acids is 1. The molecule has 0 heterocycles. The van der Waals surface area contributed by atoms with Gasteiger partial charge in [-0.15, -0.1) is 0 Å². The predicted octanol–water partition coefficient (Wildman–Crippen LogP) is 3.37. The van der Waals surface area contributed by atoms with Gasteiger partial charge in [0.1, 0.15) is 5.75 Å². The topological polar surface area (TPSA) is 49.8 Å². The quantitative estimate of drug-likeness (QED) is 0.937. The van der Waals surface area contributed by atoms with Crippen LogP contribution in [-0.2, 0) is 4.79 Å². The summed E-state index contributed by atoms with van der Waals surface area (Å²) in [6.45, 7) is 1.77. The molecular formula is C20H25NO3. The highest BCUT2D eigenvalue weighted by Gasteiger charge is 2.31. The van der Waals surface area contributed by atoms with E-state index in [9.17, 15) is 9.90 Å². The minimum Gasteiger partial charge on any atom is -0.481 e. The smallest absolute Gasteiger partial charge is 0.263 e. The molecule has 0 aliphatic heterocycles. The zero-order chi connectivity index (χ0) is 17.1. The van der Waals surface area contributed by atoms with Crippen molar-refractivity contribution in [1.29, 1.82) is 0 Å². The summed E-state index contributed by atoms with van der Waals surface area (Å²) in [6.07, 6.45) is 2.70. The Morgan fingerprint density at radius 3 is 2.62 bits per heavy atom. The normalized spacial score (nSPS) is 22.1. The number of benzene rings is 2. The minimum absolute atomic E-state index is 0.0888. The SMILES string of the molecule is C[C@H](Oc1ccc2ccccc2c1)C(=O)N(C)[C@H]1CCCC[C@@H]1O. The Morgan fingerprint density at radius 1 is 1.17 bits per heavy atom. The number of carbonyl (C=O) groups is 1. The van der Waals surface area contributed by atoms with Crippen LogP contribution in [-0.4, -0.2) is 41.2 Å². The first kappa shape index (κ1) is 16.8. The fourth-order valence-corrected chi connectivity index (χ4v) is 3.49. The summed E-state index contributed by atoms with van der Waals surface area (Å²) in [5.74, 6) is 0.598. The number of aliphatic hydroxyl groups excluding tert-OH is 1. The van der Waals surface area contributed by atoms with E-state index in [1.165, 1.54) is 0 Å². The molecule has 1 fully saturated rings. The van der Waals surface area contributed by atoms with Crippen LogP contribution >= 0.6 is 0 Å². The van der Waals surface area contributed by atoms with Gasteiger partial charge in [0, 0.05) is 7.05 Å². The van der Waals surface area contributed by atoms with E-state index < -0.39 is 12.2 Å². The van der Waals surface area contributed by atoms with Crippen LogP contribution < -0.4 is 4.74 Å². The van der Waals surface area contributed by atoms with Crippen LogP contribution in [0.5, 0.6) is 5.75 Å². The first-order valence-corrected chi connectivity index (χ1v) is 8.66. The average Bonchev–Trinajstić information content (AvgIpc) is 2.60. The van der Waals surface area contributed by atoms with E-state index in [1.54, 1.807) is 18.9 Å². The van der Waals surface area contributed by atoms with E-state index in [0.29, 0.717) is 5.75 Å². The van der Waals surface area contributed by atoms with Gasteiger partial charge in [-0.25, -0.2) is 0 Å². The van der Waals surface area contributed by atoms with Gasteiger partial charge < -0.3 is 14.7 Å². The number of rotatable bonds is 4. The fraction of sp³-hybridized carbons (Fsp3) is 0.450. The molecule has 2 aromatic rings. The predicted molar refractivity (Wildman–Crippen MR) is 95.1 cm³/mol. The van der Waals surface area contributed by atoms with Crippen LogP contribution in [0.2, 0.25) is 0 Å². The third-order valence-electron chi connectivity index (χ3n) is 4.92. The molecule has 0 unspecified atom stereocenters. The number of hydrogen-bond acceptors (Lipinski definition) is 3. The van der Waals surface area contributed by atoms with Gasteiger partial charge in [-0.3, -0.25) is 4.79 Å². The van der Waals surface area contributed by atoms with E-state index in [2.05, 4.69) is 0 Å². The molecule has 0 radical (unpaired) electrons. The van der Waals surface area contributed by atoms with Crippen molar-refractivity contribution in [2.24, 2.45) is 0 Å². The molecule has 0 aromatic heterocycles. The Bertz CT molecular complexity index is 715. The molecule has 1 aliphatic rings. The molecule has 2 aromatic carbocycles. The maximum absolute atomic E-state index is 12.6. The standard InChI is InChI=1S/C20H25NO3/c1-14(20(23)21(2)18-9-5-6-10-19(18)22)24-17-12-11-15-7-3-4-8-16(15)13-17/h3-4,7-8,11-14,18-19,22H,5-6,9-10H2,1-2H3/t14-,18-,19-/m0/s1. The van der Waals surface area contributed by atoms with Crippen LogP contribution in [0.1, 0.15) is 32.6 Å². The zero-order valence-corrected chi connectivity index (χ0v) is 14.3. The minimum atomic E-state index is -0.578. The lowest BCUT2D eigenvalue weighted by molar-refractivity contribution is -0.142. The Hall–Kier alpha value is -2.07. The number of ether oxygens (including phenoxy) is 1. The van der Waals surface area contributed by atoms with Gasteiger partial charge in [0.2, 0.25) is 0 Å². The average molecular weight is 327 g/mol. The second kappa shape index (κ2) is 7.22. The summed E-state index contributed by atoms with van der Waals surface area (Å²) in [6, 6.07) is 13.8. The van der Waals surface area contributed by atoms with Crippen LogP contribution in [0.15, 0.2) is 42.5 Å². The van der Waals surface area contributed by atoms with Gasteiger partial charge in [0.05, 0.1) is 12.1 Å². The Balaban J connectivity index is 1.68. The number of aliphatic hydroxyl groups is 1. The number of amides is 1. The lowest BCUT2D eigenvalue weighted by atomic mass is 9.91. The molecule has 24 heavy (non-hydrogen) atoms. The van der Waals surface area contributed by atoms with Crippen molar-refractivity contribution < 1.29 is 14.6 Å². The lowest BCUT2D eigenvalue weighted by Crippen LogP contribution is -2.50. The van der Waals surface area contributed by atoms with Crippen molar-refractivity contribution in [3.63, 3.8) is 0 Å². The Kier molecular flexibility index (Phi) is 5.05. The molecule has 1 saturated carbocycles. The summed E-state index contributed by atoms with van der Waals surface area (Å²) in [5.41, 5.74) is 0. The molecule has 1 aliphatic carbocycles. The second-order valence-electron chi connectivity index (χ2n) is 6.64. The van der Waals surface area contributed by atoms with E-state index in [1.807, 2.05) is 42.5 Å². The van der Waals surface area contributed by atoms with Gasteiger partial charge in [-0.2, -0.15) is 0 Å². The second-order valence-corrected chi connectivity index (χ2v) is 6.64. The van der Waals surface area contributed by atoms with Crippen molar-refractivity contribution in [2.75, 3.05) is 7.05 Å². The summed E-state index contributed by atoms with van der Waals surface area (Å²) >= 11 is 0. The third kappa shape index (κ3) is 3.54. The molecule has 3 rings (SSSR count). The van der Waals surface area contributed by atoms with E-state index >= 15 is 0 Å². The molecule has 4 nitrogen and oxygen atoms in total. The molecule has 4 heteroatoms. The summed E-state index contributed by atoms with van der Waals surface area (Å²) < 4.78 is 5.86. The van der Waals surface area contributed by atoms with Gasteiger partial charge in [-0.05, 0) is 42.7 Å². The van der Waals surface area contributed by atoms with Crippen molar-refractivity contribution >= 4 is 16.7 Å². The highest BCUT2D eigenvalue weighted by Crippen LogP contribution is 2.25. The summed E-state index contributed by atoms with van der Waals surface area (Å²) in [5, 5.41) is 12.4. The highest BCUT2D eigenvalue weighted by atomic mass is 16.5.